The molecule has 2 heterocycles. The number of anilines is 1. The lowest BCUT2D eigenvalue weighted by Gasteiger charge is -2.18. The first-order valence-corrected chi connectivity index (χ1v) is 8.08. The summed E-state index contributed by atoms with van der Waals surface area (Å²) in [6.45, 7) is 5.47. The minimum absolute atomic E-state index is 0.497. The molecule has 5 nitrogen and oxygen atoms in total. The molecule has 0 fully saturated rings. The number of benzene rings is 1. The molecule has 118 valence electrons. The van der Waals surface area contributed by atoms with Gasteiger partial charge in [-0.15, -0.1) is 11.3 Å². The molecule has 1 aromatic carbocycles. The first-order valence-electron chi connectivity index (χ1n) is 7.20. The summed E-state index contributed by atoms with van der Waals surface area (Å²) in [6.07, 6.45) is 3.10. The third-order valence-corrected chi connectivity index (χ3v) is 3.81. The van der Waals surface area contributed by atoms with E-state index in [0.29, 0.717) is 5.13 Å². The summed E-state index contributed by atoms with van der Waals surface area (Å²) in [5, 5.41) is 7.28. The highest BCUT2D eigenvalue weighted by molar-refractivity contribution is 7.14. The normalized spacial score (nSPS) is 11.4. The molecule has 1 N–H and O–H groups in total. The number of hydrogen-bond donors (Lipinski definition) is 1. The highest BCUT2D eigenvalue weighted by Gasteiger charge is 2.17. The second-order valence-electron chi connectivity index (χ2n) is 6.10. The highest BCUT2D eigenvalue weighted by atomic mass is 32.1. The van der Waals surface area contributed by atoms with Crippen LogP contribution in [0.25, 0.3) is 22.0 Å². The lowest BCUT2D eigenvalue weighted by molar-refractivity contribution is 0.0636. The van der Waals surface area contributed by atoms with Crippen LogP contribution in [0.4, 0.5) is 9.93 Å². The van der Waals surface area contributed by atoms with E-state index in [4.69, 9.17) is 4.74 Å². The van der Waals surface area contributed by atoms with Gasteiger partial charge >= 0.3 is 6.09 Å². The van der Waals surface area contributed by atoms with Crippen molar-refractivity contribution >= 4 is 33.3 Å². The molecule has 0 atom stereocenters. The molecule has 0 unspecified atom stereocenters. The van der Waals surface area contributed by atoms with Gasteiger partial charge in [-0.05, 0) is 38.3 Å². The van der Waals surface area contributed by atoms with Crippen LogP contribution in [0.3, 0.4) is 0 Å². The van der Waals surface area contributed by atoms with Crippen molar-refractivity contribution in [3.05, 3.63) is 42.0 Å². The third-order valence-electron chi connectivity index (χ3n) is 3.05. The molecule has 0 saturated heterocycles. The number of carbonyl (C=O) groups excluding carboxylic acids is 1. The lowest BCUT2D eigenvalue weighted by Crippen LogP contribution is -2.27. The zero-order valence-electron chi connectivity index (χ0n) is 13.2. The minimum Gasteiger partial charge on any atom is -0.444 e. The van der Waals surface area contributed by atoms with Crippen molar-refractivity contribution in [3.8, 4) is 11.3 Å². The average molecular weight is 327 g/mol. The fraction of sp³-hybridized carbons (Fsp3) is 0.235. The summed E-state index contributed by atoms with van der Waals surface area (Å²) in [5.41, 5.74) is 1.29. The van der Waals surface area contributed by atoms with Crippen LogP contribution >= 0.6 is 11.3 Å². The van der Waals surface area contributed by atoms with Crippen LogP contribution in [0.1, 0.15) is 20.8 Å². The molecule has 0 bridgehead atoms. The molecule has 0 aliphatic carbocycles. The van der Waals surface area contributed by atoms with Crippen LogP contribution in [0.2, 0.25) is 0 Å². The van der Waals surface area contributed by atoms with Crippen molar-refractivity contribution in [1.29, 1.82) is 0 Å². The Morgan fingerprint density at radius 1 is 1.22 bits per heavy atom. The third kappa shape index (κ3) is 3.84. The number of ether oxygens (including phenoxy) is 1. The van der Waals surface area contributed by atoms with Gasteiger partial charge in [0.2, 0.25) is 0 Å². The van der Waals surface area contributed by atoms with Gasteiger partial charge in [-0.2, -0.15) is 0 Å². The van der Waals surface area contributed by atoms with Gasteiger partial charge in [0.15, 0.2) is 5.13 Å². The van der Waals surface area contributed by atoms with E-state index >= 15 is 0 Å². The summed E-state index contributed by atoms with van der Waals surface area (Å²) in [6, 6.07) is 8.03. The number of aromatic nitrogens is 2. The maximum Gasteiger partial charge on any atom is 0.413 e. The second-order valence-corrected chi connectivity index (χ2v) is 6.96. The van der Waals surface area contributed by atoms with Crippen LogP contribution in [0.15, 0.2) is 42.0 Å². The minimum atomic E-state index is -0.531. The van der Waals surface area contributed by atoms with Crippen LogP contribution in [0.5, 0.6) is 0 Å². The van der Waals surface area contributed by atoms with E-state index in [-0.39, 0.29) is 0 Å². The number of amides is 1. The first kappa shape index (κ1) is 15.4. The number of hydrogen-bond acceptors (Lipinski definition) is 5. The topological polar surface area (TPSA) is 64.1 Å². The molecule has 0 spiro atoms. The van der Waals surface area contributed by atoms with Crippen LogP contribution in [-0.4, -0.2) is 21.7 Å². The van der Waals surface area contributed by atoms with Crippen molar-refractivity contribution in [1.82, 2.24) is 9.97 Å². The Morgan fingerprint density at radius 2 is 2.04 bits per heavy atom. The summed E-state index contributed by atoms with van der Waals surface area (Å²) in [7, 11) is 0. The van der Waals surface area contributed by atoms with Gasteiger partial charge in [0.25, 0.3) is 0 Å². The summed E-state index contributed by atoms with van der Waals surface area (Å²) in [4.78, 5) is 20.3. The van der Waals surface area contributed by atoms with E-state index in [1.54, 1.807) is 6.20 Å². The van der Waals surface area contributed by atoms with Gasteiger partial charge < -0.3 is 4.74 Å². The SMILES string of the molecule is CC(C)(C)OC(=O)Nc1nc(-c2ccc3cnccc3c2)cs1. The molecule has 23 heavy (non-hydrogen) atoms. The van der Waals surface area contributed by atoms with Gasteiger partial charge in [-0.3, -0.25) is 10.3 Å². The van der Waals surface area contributed by atoms with Crippen molar-refractivity contribution < 1.29 is 9.53 Å². The first-order chi connectivity index (χ1) is 10.9. The Morgan fingerprint density at radius 3 is 2.83 bits per heavy atom. The zero-order chi connectivity index (χ0) is 16.4. The molecule has 0 aliphatic rings. The molecule has 3 rings (SSSR count). The fourth-order valence-electron chi connectivity index (χ4n) is 2.10. The number of pyridine rings is 1. The highest BCUT2D eigenvalue weighted by Crippen LogP contribution is 2.27. The molecule has 3 aromatic rings. The Kier molecular flexibility index (Phi) is 4.00. The van der Waals surface area contributed by atoms with E-state index in [9.17, 15) is 4.79 Å². The van der Waals surface area contributed by atoms with E-state index in [0.717, 1.165) is 22.0 Å². The number of rotatable bonds is 2. The number of carbonyl (C=O) groups is 1. The Bertz CT molecular complexity index is 852. The summed E-state index contributed by atoms with van der Waals surface area (Å²) >= 11 is 1.37. The molecular formula is C17H17N3O2S. The fourth-order valence-corrected chi connectivity index (χ4v) is 2.80. The number of nitrogens with zero attached hydrogens (tertiary/aromatic N) is 2. The smallest absolute Gasteiger partial charge is 0.413 e. The molecule has 2 aromatic heterocycles. The average Bonchev–Trinajstić information content (AvgIpc) is 2.93. The van der Waals surface area contributed by atoms with Crippen molar-refractivity contribution in [2.24, 2.45) is 0 Å². The van der Waals surface area contributed by atoms with Gasteiger partial charge in [0.05, 0.1) is 5.69 Å². The predicted molar refractivity (Wildman–Crippen MR) is 92.7 cm³/mol. The lowest BCUT2D eigenvalue weighted by atomic mass is 10.1. The van der Waals surface area contributed by atoms with Crippen molar-refractivity contribution in [2.45, 2.75) is 26.4 Å². The van der Waals surface area contributed by atoms with Crippen LogP contribution in [-0.2, 0) is 4.74 Å². The molecular weight excluding hydrogens is 310 g/mol. The van der Waals surface area contributed by atoms with Gasteiger partial charge in [-0.25, -0.2) is 9.78 Å². The number of nitrogens with one attached hydrogen (secondary N) is 1. The maximum absolute atomic E-state index is 11.8. The van der Waals surface area contributed by atoms with Gasteiger partial charge in [0.1, 0.15) is 5.60 Å². The summed E-state index contributed by atoms with van der Waals surface area (Å²) < 4.78 is 5.22. The molecule has 0 saturated carbocycles. The Hall–Kier alpha value is -2.47. The Labute approximate surface area is 138 Å². The predicted octanol–water partition coefficient (Wildman–Crippen LogP) is 4.71. The van der Waals surface area contributed by atoms with E-state index in [2.05, 4.69) is 21.4 Å². The van der Waals surface area contributed by atoms with Crippen LogP contribution < -0.4 is 5.32 Å². The molecule has 0 aliphatic heterocycles. The monoisotopic (exact) mass is 327 g/mol. The molecule has 1 amide bonds. The molecule has 0 radical (unpaired) electrons. The van der Waals surface area contributed by atoms with Gasteiger partial charge in [-0.1, -0.05) is 12.1 Å². The largest absolute Gasteiger partial charge is 0.444 e. The second kappa shape index (κ2) is 5.96. The summed E-state index contributed by atoms with van der Waals surface area (Å²) in [5.74, 6) is 0. The van der Waals surface area contributed by atoms with Crippen LogP contribution in [0, 0.1) is 0 Å². The van der Waals surface area contributed by atoms with Crippen molar-refractivity contribution in [2.75, 3.05) is 5.32 Å². The zero-order valence-corrected chi connectivity index (χ0v) is 14.0. The maximum atomic E-state index is 11.8. The quantitative estimate of drug-likeness (QED) is 0.740. The number of thiazole rings is 1. The molecule has 6 heteroatoms. The standard InChI is InChI=1S/C17H17N3O2S/c1-17(2,3)22-16(21)20-15-19-14(10-23-15)12-4-5-13-9-18-7-6-11(13)8-12/h4-10H,1-3H3,(H,19,20,21). The van der Waals surface area contributed by atoms with E-state index < -0.39 is 11.7 Å². The van der Waals surface area contributed by atoms with Crippen molar-refractivity contribution in [3.63, 3.8) is 0 Å². The number of fused-ring (bicyclic) bond motifs is 1. The van der Waals surface area contributed by atoms with Gasteiger partial charge in [0, 0.05) is 28.7 Å². The Balaban J connectivity index is 1.79. The van der Waals surface area contributed by atoms with E-state index in [1.165, 1.54) is 11.3 Å². The van der Waals surface area contributed by atoms with E-state index in [1.807, 2.05) is 50.5 Å².